The van der Waals surface area contributed by atoms with Crippen LogP contribution in [-0.2, 0) is 5.75 Å². The Morgan fingerprint density at radius 3 is 2.11 bits per heavy atom. The highest BCUT2D eigenvalue weighted by Gasteiger charge is 2.30. The van der Waals surface area contributed by atoms with Crippen LogP contribution in [0, 0.1) is 0 Å². The molecule has 0 radical (unpaired) electrons. The van der Waals surface area contributed by atoms with E-state index in [1.54, 1.807) is 23.9 Å². The van der Waals surface area contributed by atoms with E-state index in [0.717, 1.165) is 10.5 Å². The average molecular weight is 284 g/mol. The van der Waals surface area contributed by atoms with Gasteiger partial charge in [-0.05, 0) is 29.8 Å². The lowest BCUT2D eigenvalue weighted by Crippen LogP contribution is -2.16. The number of alkyl halides is 3. The van der Waals surface area contributed by atoms with Crippen molar-refractivity contribution in [2.24, 2.45) is 0 Å². The maximum Gasteiger partial charge on any atom is 0.573 e. The molecule has 0 saturated heterocycles. The van der Waals surface area contributed by atoms with Gasteiger partial charge in [0.2, 0.25) is 0 Å². The molecule has 0 atom stereocenters. The molecule has 0 aliphatic heterocycles. The van der Waals surface area contributed by atoms with Crippen LogP contribution < -0.4 is 4.74 Å². The Kier molecular flexibility index (Phi) is 4.37. The Hall–Kier alpha value is -1.62. The zero-order valence-electron chi connectivity index (χ0n) is 9.85. The fourth-order valence-corrected chi connectivity index (χ4v) is 2.35. The van der Waals surface area contributed by atoms with Gasteiger partial charge in [-0.15, -0.1) is 24.9 Å². The second-order valence-corrected chi connectivity index (χ2v) is 4.84. The van der Waals surface area contributed by atoms with Gasteiger partial charge in [-0.25, -0.2) is 0 Å². The van der Waals surface area contributed by atoms with Gasteiger partial charge >= 0.3 is 6.36 Å². The van der Waals surface area contributed by atoms with Crippen LogP contribution in [-0.4, -0.2) is 6.36 Å². The minimum Gasteiger partial charge on any atom is -0.406 e. The van der Waals surface area contributed by atoms with Gasteiger partial charge in [-0.1, -0.05) is 30.3 Å². The summed E-state index contributed by atoms with van der Waals surface area (Å²) < 4.78 is 39.8. The highest BCUT2D eigenvalue weighted by molar-refractivity contribution is 7.98. The van der Waals surface area contributed by atoms with Gasteiger partial charge in [0.05, 0.1) is 0 Å². The summed E-state index contributed by atoms with van der Waals surface area (Å²) in [6, 6.07) is 15.7. The molecule has 0 fully saturated rings. The van der Waals surface area contributed by atoms with E-state index >= 15 is 0 Å². The molecule has 0 heterocycles. The lowest BCUT2D eigenvalue weighted by Gasteiger charge is -2.09. The first kappa shape index (κ1) is 13.8. The average Bonchev–Trinajstić information content (AvgIpc) is 2.37. The highest BCUT2D eigenvalue weighted by Crippen LogP contribution is 2.26. The monoisotopic (exact) mass is 284 g/mol. The van der Waals surface area contributed by atoms with E-state index in [0.29, 0.717) is 5.75 Å². The predicted molar refractivity (Wildman–Crippen MR) is 69.1 cm³/mol. The van der Waals surface area contributed by atoms with Gasteiger partial charge in [-0.2, -0.15) is 0 Å². The van der Waals surface area contributed by atoms with Gasteiger partial charge in [-0.3, -0.25) is 0 Å². The Balaban J connectivity index is 1.92. The summed E-state index contributed by atoms with van der Waals surface area (Å²) in [5.74, 6) is 0.511. The van der Waals surface area contributed by atoms with Crippen LogP contribution in [0.3, 0.4) is 0 Å². The molecule has 100 valence electrons. The van der Waals surface area contributed by atoms with Gasteiger partial charge in [0.1, 0.15) is 5.75 Å². The maximum absolute atomic E-state index is 12.0. The van der Waals surface area contributed by atoms with Crippen LogP contribution in [0.2, 0.25) is 0 Å². The molecular formula is C14H11F3OS. The lowest BCUT2D eigenvalue weighted by molar-refractivity contribution is -0.274. The molecule has 0 aliphatic rings. The van der Waals surface area contributed by atoms with E-state index in [-0.39, 0.29) is 5.75 Å². The first-order valence-corrected chi connectivity index (χ1v) is 6.54. The van der Waals surface area contributed by atoms with Crippen molar-refractivity contribution in [2.45, 2.75) is 17.0 Å². The molecular weight excluding hydrogens is 273 g/mol. The number of rotatable bonds is 4. The van der Waals surface area contributed by atoms with Gasteiger partial charge in [0.25, 0.3) is 0 Å². The molecule has 2 aromatic rings. The largest absolute Gasteiger partial charge is 0.573 e. The molecule has 1 nitrogen and oxygen atoms in total. The molecule has 0 amide bonds. The third-order valence-corrected chi connectivity index (χ3v) is 3.39. The Bertz CT molecular complexity index is 508. The van der Waals surface area contributed by atoms with Crippen LogP contribution in [0.15, 0.2) is 59.5 Å². The van der Waals surface area contributed by atoms with E-state index in [1.807, 2.05) is 30.3 Å². The van der Waals surface area contributed by atoms with Crippen molar-refractivity contribution in [3.63, 3.8) is 0 Å². The van der Waals surface area contributed by atoms with Crippen molar-refractivity contribution < 1.29 is 17.9 Å². The molecule has 0 saturated carbocycles. The van der Waals surface area contributed by atoms with Gasteiger partial charge in [0, 0.05) is 10.6 Å². The van der Waals surface area contributed by atoms with E-state index < -0.39 is 6.36 Å². The topological polar surface area (TPSA) is 9.23 Å². The van der Waals surface area contributed by atoms with Crippen LogP contribution in [0.1, 0.15) is 5.56 Å². The number of benzene rings is 2. The molecule has 0 aliphatic carbocycles. The lowest BCUT2D eigenvalue weighted by atomic mass is 10.2. The Morgan fingerprint density at radius 1 is 0.895 bits per heavy atom. The fourth-order valence-electron chi connectivity index (χ4n) is 1.47. The molecule has 0 unspecified atom stereocenters. The number of ether oxygens (including phenoxy) is 1. The summed E-state index contributed by atoms with van der Waals surface area (Å²) in [5, 5.41) is 0. The first-order chi connectivity index (χ1) is 9.03. The zero-order chi connectivity index (χ0) is 13.7. The summed E-state index contributed by atoms with van der Waals surface area (Å²) in [6.45, 7) is 0. The summed E-state index contributed by atoms with van der Waals surface area (Å²) in [5.41, 5.74) is 0.948. The van der Waals surface area contributed by atoms with E-state index in [4.69, 9.17) is 0 Å². The Labute approximate surface area is 113 Å². The van der Waals surface area contributed by atoms with Crippen molar-refractivity contribution in [1.82, 2.24) is 0 Å². The fraction of sp³-hybridized carbons (Fsp3) is 0.143. The molecule has 2 rings (SSSR count). The van der Waals surface area contributed by atoms with Crippen LogP contribution >= 0.6 is 11.8 Å². The summed E-state index contributed by atoms with van der Waals surface area (Å²) in [6.07, 6.45) is -4.64. The summed E-state index contributed by atoms with van der Waals surface area (Å²) in [7, 11) is 0. The third kappa shape index (κ3) is 4.87. The predicted octanol–water partition coefficient (Wildman–Crippen LogP) is 4.88. The van der Waals surface area contributed by atoms with Gasteiger partial charge in [0.15, 0.2) is 0 Å². The molecule has 0 N–H and O–H groups in total. The second kappa shape index (κ2) is 6.02. The number of hydrogen-bond acceptors (Lipinski definition) is 2. The third-order valence-electron chi connectivity index (χ3n) is 2.31. The molecule has 0 bridgehead atoms. The van der Waals surface area contributed by atoms with Crippen molar-refractivity contribution >= 4 is 11.8 Å². The minimum absolute atomic E-state index is 0.194. The summed E-state index contributed by atoms with van der Waals surface area (Å²) >= 11 is 1.63. The van der Waals surface area contributed by atoms with Crippen LogP contribution in [0.25, 0.3) is 0 Å². The molecule has 19 heavy (non-hydrogen) atoms. The number of halogens is 3. The molecule has 2 aromatic carbocycles. The standard InChI is InChI=1S/C14H11F3OS/c15-14(16,17)18-12-8-6-11(7-9-12)10-19-13-4-2-1-3-5-13/h1-9H,10H2. The Morgan fingerprint density at radius 2 is 1.53 bits per heavy atom. The minimum atomic E-state index is -4.64. The zero-order valence-corrected chi connectivity index (χ0v) is 10.7. The SMILES string of the molecule is FC(F)(F)Oc1ccc(CSc2ccccc2)cc1. The van der Waals surface area contributed by atoms with Crippen molar-refractivity contribution in [3.8, 4) is 5.75 Å². The van der Waals surface area contributed by atoms with Crippen LogP contribution in [0.5, 0.6) is 5.75 Å². The quantitative estimate of drug-likeness (QED) is 0.740. The van der Waals surface area contributed by atoms with E-state index in [1.165, 1.54) is 12.1 Å². The highest BCUT2D eigenvalue weighted by atomic mass is 32.2. The van der Waals surface area contributed by atoms with Crippen LogP contribution in [0.4, 0.5) is 13.2 Å². The summed E-state index contributed by atoms with van der Waals surface area (Å²) in [4.78, 5) is 1.12. The van der Waals surface area contributed by atoms with Crippen molar-refractivity contribution in [1.29, 1.82) is 0 Å². The van der Waals surface area contributed by atoms with Gasteiger partial charge < -0.3 is 4.74 Å². The maximum atomic E-state index is 12.0. The van der Waals surface area contributed by atoms with Crippen molar-refractivity contribution in [3.05, 3.63) is 60.2 Å². The van der Waals surface area contributed by atoms with Crippen molar-refractivity contribution in [2.75, 3.05) is 0 Å². The molecule has 0 spiro atoms. The first-order valence-electron chi connectivity index (χ1n) is 5.55. The smallest absolute Gasteiger partial charge is 0.406 e. The van der Waals surface area contributed by atoms with E-state index in [2.05, 4.69) is 4.74 Å². The normalized spacial score (nSPS) is 11.3. The number of hydrogen-bond donors (Lipinski definition) is 0. The number of thioether (sulfide) groups is 1. The second-order valence-electron chi connectivity index (χ2n) is 3.79. The molecule has 5 heteroatoms. The molecule has 0 aromatic heterocycles. The van der Waals surface area contributed by atoms with E-state index in [9.17, 15) is 13.2 Å².